The Balaban J connectivity index is 1.32. The number of benzene rings is 2. The molecule has 25 heavy (non-hydrogen) atoms. The maximum Gasteiger partial charge on any atom is 0.162 e. The number of rotatable bonds is 6. The average Bonchev–Trinajstić information content (AvgIpc) is 3.28. The predicted octanol–water partition coefficient (Wildman–Crippen LogP) is 3.79. The lowest BCUT2D eigenvalue weighted by Gasteiger charge is -2.05. The minimum absolute atomic E-state index is 0.0878. The molecule has 0 amide bonds. The van der Waals surface area contributed by atoms with E-state index >= 15 is 0 Å². The minimum Gasteiger partial charge on any atom is -0.493 e. The van der Waals surface area contributed by atoms with E-state index in [1.807, 2.05) is 36.4 Å². The summed E-state index contributed by atoms with van der Waals surface area (Å²) in [6, 6.07) is 11.2. The van der Waals surface area contributed by atoms with Crippen LogP contribution in [-0.4, -0.2) is 24.8 Å². The SMILES string of the molecule is O=C(CCCC(=O)c1ccc2c(c1)CCO2)c1ccc2c(c1)CCO2. The number of carbonyl (C=O) groups is 2. The standard InChI is InChI=1S/C21H20O4/c22-18(14-4-6-20-16(12-14)8-10-24-20)2-1-3-19(23)15-5-7-21-17(13-15)9-11-25-21/h4-7,12-13H,1-3,8-11H2. The highest BCUT2D eigenvalue weighted by Crippen LogP contribution is 2.28. The third kappa shape index (κ3) is 3.29. The van der Waals surface area contributed by atoms with Crippen LogP contribution in [0.15, 0.2) is 36.4 Å². The Morgan fingerprint density at radius 3 is 1.72 bits per heavy atom. The highest BCUT2D eigenvalue weighted by molar-refractivity contribution is 5.98. The second-order valence-electron chi connectivity index (χ2n) is 6.54. The fourth-order valence-electron chi connectivity index (χ4n) is 3.42. The molecule has 0 atom stereocenters. The molecule has 2 aliphatic heterocycles. The molecule has 0 aliphatic carbocycles. The van der Waals surface area contributed by atoms with Crippen molar-refractivity contribution in [3.8, 4) is 11.5 Å². The second-order valence-corrected chi connectivity index (χ2v) is 6.54. The fraction of sp³-hybridized carbons (Fsp3) is 0.333. The van der Waals surface area contributed by atoms with Crippen LogP contribution in [0.2, 0.25) is 0 Å². The van der Waals surface area contributed by atoms with Gasteiger partial charge >= 0.3 is 0 Å². The highest BCUT2D eigenvalue weighted by atomic mass is 16.5. The van der Waals surface area contributed by atoms with Crippen LogP contribution < -0.4 is 9.47 Å². The van der Waals surface area contributed by atoms with Crippen molar-refractivity contribution in [1.29, 1.82) is 0 Å². The first-order valence-electron chi connectivity index (χ1n) is 8.78. The molecule has 2 heterocycles. The van der Waals surface area contributed by atoms with Crippen molar-refractivity contribution in [3.63, 3.8) is 0 Å². The Labute approximate surface area is 146 Å². The van der Waals surface area contributed by atoms with Gasteiger partial charge in [-0.2, -0.15) is 0 Å². The predicted molar refractivity (Wildman–Crippen MR) is 93.8 cm³/mol. The highest BCUT2D eigenvalue weighted by Gasteiger charge is 2.17. The largest absolute Gasteiger partial charge is 0.493 e. The van der Waals surface area contributed by atoms with Gasteiger partial charge in [-0.25, -0.2) is 0 Å². The van der Waals surface area contributed by atoms with Gasteiger partial charge in [-0.3, -0.25) is 9.59 Å². The molecular formula is C21H20O4. The third-order valence-corrected chi connectivity index (χ3v) is 4.83. The smallest absolute Gasteiger partial charge is 0.162 e. The van der Waals surface area contributed by atoms with Crippen LogP contribution >= 0.6 is 0 Å². The summed E-state index contributed by atoms with van der Waals surface area (Å²) in [4.78, 5) is 24.7. The zero-order valence-corrected chi connectivity index (χ0v) is 14.0. The van der Waals surface area contributed by atoms with Gasteiger partial charge in [-0.05, 0) is 53.9 Å². The topological polar surface area (TPSA) is 52.6 Å². The van der Waals surface area contributed by atoms with E-state index in [4.69, 9.17) is 9.47 Å². The van der Waals surface area contributed by atoms with Gasteiger partial charge in [0.15, 0.2) is 11.6 Å². The van der Waals surface area contributed by atoms with Crippen LogP contribution in [0.1, 0.15) is 51.1 Å². The van der Waals surface area contributed by atoms with Crippen LogP contribution in [0.5, 0.6) is 11.5 Å². The van der Waals surface area contributed by atoms with Crippen LogP contribution in [0.25, 0.3) is 0 Å². The quantitative estimate of drug-likeness (QED) is 0.753. The summed E-state index contributed by atoms with van der Waals surface area (Å²) in [6.07, 6.45) is 3.06. The number of ether oxygens (including phenoxy) is 2. The van der Waals surface area contributed by atoms with E-state index < -0.39 is 0 Å². The van der Waals surface area contributed by atoms with E-state index in [0.29, 0.717) is 43.6 Å². The maximum atomic E-state index is 12.3. The Hall–Kier alpha value is -2.62. The van der Waals surface area contributed by atoms with Crippen molar-refractivity contribution in [1.82, 2.24) is 0 Å². The Kier molecular flexibility index (Phi) is 4.26. The summed E-state index contributed by atoms with van der Waals surface area (Å²) in [5.74, 6) is 1.94. The van der Waals surface area contributed by atoms with Crippen molar-refractivity contribution in [2.24, 2.45) is 0 Å². The molecule has 0 fully saturated rings. The molecule has 2 aromatic carbocycles. The molecule has 0 spiro atoms. The van der Waals surface area contributed by atoms with Crippen LogP contribution in [-0.2, 0) is 12.8 Å². The van der Waals surface area contributed by atoms with E-state index in [0.717, 1.165) is 35.5 Å². The average molecular weight is 336 g/mol. The van der Waals surface area contributed by atoms with Gasteiger partial charge < -0.3 is 9.47 Å². The molecule has 2 aromatic rings. The Bertz CT molecular complexity index is 768. The second kappa shape index (κ2) is 6.71. The first-order chi connectivity index (χ1) is 12.2. The molecule has 0 N–H and O–H groups in total. The third-order valence-electron chi connectivity index (χ3n) is 4.83. The molecule has 0 bridgehead atoms. The fourth-order valence-corrected chi connectivity index (χ4v) is 3.42. The first-order valence-corrected chi connectivity index (χ1v) is 8.78. The summed E-state index contributed by atoms with van der Waals surface area (Å²) in [5.41, 5.74) is 3.63. The van der Waals surface area contributed by atoms with Gasteiger partial charge in [0.1, 0.15) is 11.5 Å². The summed E-state index contributed by atoms with van der Waals surface area (Å²) in [5, 5.41) is 0. The maximum absolute atomic E-state index is 12.3. The van der Waals surface area contributed by atoms with E-state index in [-0.39, 0.29) is 11.6 Å². The van der Waals surface area contributed by atoms with Gasteiger partial charge in [-0.15, -0.1) is 0 Å². The monoisotopic (exact) mass is 336 g/mol. The van der Waals surface area contributed by atoms with Gasteiger partial charge in [-0.1, -0.05) is 0 Å². The van der Waals surface area contributed by atoms with Crippen LogP contribution in [0, 0.1) is 0 Å². The lowest BCUT2D eigenvalue weighted by molar-refractivity contribution is 0.0957. The summed E-state index contributed by atoms with van der Waals surface area (Å²) in [6.45, 7) is 1.38. The summed E-state index contributed by atoms with van der Waals surface area (Å²) >= 11 is 0. The molecular weight excluding hydrogens is 316 g/mol. The number of hydrogen-bond acceptors (Lipinski definition) is 4. The molecule has 0 saturated heterocycles. The lowest BCUT2D eigenvalue weighted by atomic mass is 9.99. The van der Waals surface area contributed by atoms with Gasteiger partial charge in [0.25, 0.3) is 0 Å². The minimum atomic E-state index is 0.0878. The number of ketones is 2. The number of carbonyl (C=O) groups excluding carboxylic acids is 2. The molecule has 0 radical (unpaired) electrons. The molecule has 0 aromatic heterocycles. The van der Waals surface area contributed by atoms with Gasteiger partial charge in [0.2, 0.25) is 0 Å². The normalized spacial score (nSPS) is 14.4. The Morgan fingerprint density at radius 2 is 1.24 bits per heavy atom. The Morgan fingerprint density at radius 1 is 0.760 bits per heavy atom. The van der Waals surface area contributed by atoms with Gasteiger partial charge in [0.05, 0.1) is 13.2 Å². The molecule has 0 saturated carbocycles. The van der Waals surface area contributed by atoms with Crippen molar-refractivity contribution >= 4 is 11.6 Å². The van der Waals surface area contributed by atoms with E-state index in [1.54, 1.807) is 0 Å². The molecule has 4 heteroatoms. The van der Waals surface area contributed by atoms with E-state index in [2.05, 4.69) is 0 Å². The molecule has 128 valence electrons. The molecule has 2 aliphatic rings. The first kappa shape index (κ1) is 15.9. The summed E-state index contributed by atoms with van der Waals surface area (Å²) < 4.78 is 10.9. The zero-order valence-electron chi connectivity index (χ0n) is 14.0. The molecule has 4 rings (SSSR count). The van der Waals surface area contributed by atoms with E-state index in [9.17, 15) is 9.59 Å². The van der Waals surface area contributed by atoms with Crippen molar-refractivity contribution in [3.05, 3.63) is 58.7 Å². The van der Waals surface area contributed by atoms with Crippen molar-refractivity contribution in [2.75, 3.05) is 13.2 Å². The van der Waals surface area contributed by atoms with Gasteiger partial charge in [0, 0.05) is 36.8 Å². The van der Waals surface area contributed by atoms with Crippen LogP contribution in [0.3, 0.4) is 0 Å². The van der Waals surface area contributed by atoms with Crippen molar-refractivity contribution < 1.29 is 19.1 Å². The number of Topliss-reactive ketones (excluding diaryl/α,β-unsaturated/α-hetero) is 2. The zero-order chi connectivity index (χ0) is 17.2. The van der Waals surface area contributed by atoms with E-state index in [1.165, 1.54) is 0 Å². The number of hydrogen-bond donors (Lipinski definition) is 0. The summed E-state index contributed by atoms with van der Waals surface area (Å²) in [7, 11) is 0. The van der Waals surface area contributed by atoms with Crippen molar-refractivity contribution in [2.45, 2.75) is 32.1 Å². The number of fused-ring (bicyclic) bond motifs is 2. The molecule has 0 unspecified atom stereocenters. The lowest BCUT2D eigenvalue weighted by Crippen LogP contribution is -2.04. The van der Waals surface area contributed by atoms with Crippen LogP contribution in [0.4, 0.5) is 0 Å². The molecule has 4 nitrogen and oxygen atoms in total.